The first-order valence-corrected chi connectivity index (χ1v) is 10.3. The molecule has 0 aliphatic heterocycles. The van der Waals surface area contributed by atoms with Crippen molar-refractivity contribution >= 4 is 11.9 Å². The van der Waals surface area contributed by atoms with E-state index in [2.05, 4.69) is 24.4 Å². The predicted molar refractivity (Wildman–Crippen MR) is 117 cm³/mol. The summed E-state index contributed by atoms with van der Waals surface area (Å²) in [4.78, 5) is 25.8. The summed E-state index contributed by atoms with van der Waals surface area (Å²) in [5, 5.41) is 2.94. The minimum Gasteiger partial charge on any atom is -0.459 e. The summed E-state index contributed by atoms with van der Waals surface area (Å²) in [6.07, 6.45) is 1.50. The summed E-state index contributed by atoms with van der Waals surface area (Å²) >= 11 is 0. The molecule has 0 unspecified atom stereocenters. The van der Waals surface area contributed by atoms with Gasteiger partial charge < -0.3 is 10.1 Å². The van der Waals surface area contributed by atoms with Gasteiger partial charge in [0.25, 0.3) is 5.91 Å². The zero-order chi connectivity index (χ0) is 21.6. The van der Waals surface area contributed by atoms with Gasteiger partial charge in [0.15, 0.2) is 0 Å². The van der Waals surface area contributed by atoms with E-state index in [-0.39, 0.29) is 23.9 Å². The van der Waals surface area contributed by atoms with E-state index in [9.17, 15) is 9.59 Å². The molecule has 156 valence electrons. The Morgan fingerprint density at radius 3 is 2.07 bits per heavy atom. The van der Waals surface area contributed by atoms with Gasteiger partial charge in [-0.05, 0) is 67.9 Å². The average molecular weight is 396 g/mol. The van der Waals surface area contributed by atoms with Gasteiger partial charge >= 0.3 is 5.97 Å². The molecular formula is C25H33NO3. The number of aryl methyl sites for hydroxylation is 3. The molecule has 0 bridgehead atoms. The van der Waals surface area contributed by atoms with Gasteiger partial charge in [0.05, 0.1) is 0 Å². The summed E-state index contributed by atoms with van der Waals surface area (Å²) in [7, 11) is 0. The number of carbonyl (C=O) groups is 2. The van der Waals surface area contributed by atoms with Gasteiger partial charge in [0.1, 0.15) is 12.6 Å². The second-order valence-electron chi connectivity index (χ2n) is 8.12. The highest BCUT2D eigenvalue weighted by Crippen LogP contribution is 2.31. The molecule has 0 aliphatic rings. The molecule has 4 heteroatoms. The highest BCUT2D eigenvalue weighted by Gasteiger charge is 2.39. The number of benzene rings is 2. The van der Waals surface area contributed by atoms with Crippen molar-refractivity contribution in [1.29, 1.82) is 0 Å². The maximum atomic E-state index is 13.1. The van der Waals surface area contributed by atoms with Gasteiger partial charge in [-0.2, -0.15) is 0 Å². The van der Waals surface area contributed by atoms with Crippen LogP contribution in [-0.4, -0.2) is 17.9 Å². The number of carbonyl (C=O) groups excluding carboxylic acids is 2. The van der Waals surface area contributed by atoms with E-state index in [1.54, 1.807) is 12.1 Å². The molecule has 0 aromatic heterocycles. The third-order valence-electron chi connectivity index (χ3n) is 6.06. The minimum absolute atomic E-state index is 0.206. The standard InChI is InChI=1S/C25H33NO3/c1-7-25(6,8-2)22(26-23(27)20-12-10-9-11-13-20)24(28)29-16-21-18(4)14-17(3)15-19(21)5/h9-15,22H,7-8,16H2,1-6H3,(H,26,27)/t22-/m1/s1. The number of amides is 1. The monoisotopic (exact) mass is 395 g/mol. The number of nitrogens with one attached hydrogen (secondary N) is 1. The van der Waals surface area contributed by atoms with Gasteiger partial charge in [-0.15, -0.1) is 0 Å². The summed E-state index contributed by atoms with van der Waals surface area (Å²) in [5.74, 6) is -0.650. The molecule has 0 radical (unpaired) electrons. The summed E-state index contributed by atoms with van der Waals surface area (Å²) in [6.45, 7) is 12.4. The largest absolute Gasteiger partial charge is 0.459 e. The van der Waals surface area contributed by atoms with Crippen molar-refractivity contribution in [3.63, 3.8) is 0 Å². The van der Waals surface area contributed by atoms with Crippen LogP contribution in [0.5, 0.6) is 0 Å². The number of ether oxygens (including phenoxy) is 1. The predicted octanol–water partition coefficient (Wildman–Crippen LogP) is 5.28. The van der Waals surface area contributed by atoms with Crippen molar-refractivity contribution in [2.75, 3.05) is 0 Å². The maximum absolute atomic E-state index is 13.1. The Morgan fingerprint density at radius 1 is 1.00 bits per heavy atom. The lowest BCUT2D eigenvalue weighted by Gasteiger charge is -2.35. The molecular weight excluding hydrogens is 362 g/mol. The Bertz CT molecular complexity index is 831. The molecule has 0 aliphatic carbocycles. The van der Waals surface area contributed by atoms with Crippen molar-refractivity contribution in [1.82, 2.24) is 5.32 Å². The lowest BCUT2D eigenvalue weighted by atomic mass is 9.77. The highest BCUT2D eigenvalue weighted by atomic mass is 16.5. The van der Waals surface area contributed by atoms with Crippen LogP contribution in [0.1, 0.15) is 66.2 Å². The SMILES string of the molecule is CCC(C)(CC)[C@H](NC(=O)c1ccccc1)C(=O)OCc1c(C)cc(C)cc1C. The molecule has 0 spiro atoms. The van der Waals surface area contributed by atoms with Crippen LogP contribution in [0.4, 0.5) is 0 Å². The molecule has 0 heterocycles. The van der Waals surface area contributed by atoms with Crippen LogP contribution in [-0.2, 0) is 16.1 Å². The third kappa shape index (κ3) is 5.47. The van der Waals surface area contributed by atoms with Gasteiger partial charge in [0.2, 0.25) is 0 Å². The van der Waals surface area contributed by atoms with E-state index in [0.29, 0.717) is 5.56 Å². The number of esters is 1. The lowest BCUT2D eigenvalue weighted by molar-refractivity contribution is -0.151. The van der Waals surface area contributed by atoms with Crippen molar-refractivity contribution in [3.8, 4) is 0 Å². The Hall–Kier alpha value is -2.62. The molecule has 2 aromatic rings. The van der Waals surface area contributed by atoms with Crippen LogP contribution in [0, 0.1) is 26.2 Å². The zero-order valence-corrected chi connectivity index (χ0v) is 18.5. The molecule has 0 fully saturated rings. The molecule has 0 saturated carbocycles. The molecule has 1 N–H and O–H groups in total. The van der Waals surface area contributed by atoms with Crippen LogP contribution in [0.2, 0.25) is 0 Å². The van der Waals surface area contributed by atoms with E-state index in [4.69, 9.17) is 4.74 Å². The van der Waals surface area contributed by atoms with Crippen LogP contribution >= 0.6 is 0 Å². The second-order valence-corrected chi connectivity index (χ2v) is 8.12. The Kier molecular flexibility index (Phi) is 7.60. The summed E-state index contributed by atoms with van der Waals surface area (Å²) in [6, 6.07) is 12.4. The van der Waals surface area contributed by atoms with Gasteiger partial charge in [-0.25, -0.2) is 4.79 Å². The van der Waals surface area contributed by atoms with Crippen molar-refractivity contribution in [2.45, 2.75) is 67.0 Å². The lowest BCUT2D eigenvalue weighted by Crippen LogP contribution is -2.51. The fraction of sp³-hybridized carbons (Fsp3) is 0.440. The summed E-state index contributed by atoms with van der Waals surface area (Å²) in [5.41, 5.74) is 4.56. The van der Waals surface area contributed by atoms with Crippen LogP contribution in [0.25, 0.3) is 0 Å². The topological polar surface area (TPSA) is 55.4 Å². The Morgan fingerprint density at radius 2 is 1.55 bits per heavy atom. The fourth-order valence-corrected chi connectivity index (χ4v) is 3.64. The van der Waals surface area contributed by atoms with Crippen molar-refractivity contribution in [3.05, 3.63) is 70.3 Å². The van der Waals surface area contributed by atoms with Gasteiger partial charge in [-0.3, -0.25) is 4.79 Å². The second kappa shape index (κ2) is 9.73. The van der Waals surface area contributed by atoms with Gasteiger partial charge in [-0.1, -0.05) is 56.7 Å². The molecule has 1 amide bonds. The first kappa shape index (κ1) is 22.7. The quantitative estimate of drug-likeness (QED) is 0.619. The number of rotatable bonds is 8. The van der Waals surface area contributed by atoms with E-state index in [1.807, 2.05) is 52.8 Å². The van der Waals surface area contributed by atoms with Crippen LogP contribution in [0.15, 0.2) is 42.5 Å². The summed E-state index contributed by atoms with van der Waals surface area (Å²) < 4.78 is 5.72. The first-order chi connectivity index (χ1) is 13.7. The minimum atomic E-state index is -0.712. The molecule has 4 nitrogen and oxygen atoms in total. The van der Waals surface area contributed by atoms with E-state index < -0.39 is 6.04 Å². The molecule has 29 heavy (non-hydrogen) atoms. The number of hydrogen-bond donors (Lipinski definition) is 1. The maximum Gasteiger partial charge on any atom is 0.329 e. The van der Waals surface area contributed by atoms with Crippen molar-refractivity contribution < 1.29 is 14.3 Å². The Balaban J connectivity index is 2.22. The first-order valence-electron chi connectivity index (χ1n) is 10.3. The third-order valence-corrected chi connectivity index (χ3v) is 6.06. The van der Waals surface area contributed by atoms with Crippen LogP contribution in [0.3, 0.4) is 0 Å². The highest BCUT2D eigenvalue weighted by molar-refractivity contribution is 5.97. The average Bonchev–Trinajstić information content (AvgIpc) is 2.70. The van der Waals surface area contributed by atoms with Crippen molar-refractivity contribution in [2.24, 2.45) is 5.41 Å². The zero-order valence-electron chi connectivity index (χ0n) is 18.5. The van der Waals surface area contributed by atoms with Crippen LogP contribution < -0.4 is 5.32 Å². The molecule has 1 atom stereocenters. The fourth-order valence-electron chi connectivity index (χ4n) is 3.64. The molecule has 2 aromatic carbocycles. The smallest absolute Gasteiger partial charge is 0.329 e. The van der Waals surface area contributed by atoms with E-state index >= 15 is 0 Å². The Labute approximate surface area is 174 Å². The van der Waals surface area contributed by atoms with E-state index in [1.165, 1.54) is 5.56 Å². The number of hydrogen-bond acceptors (Lipinski definition) is 3. The normalized spacial score (nSPS) is 12.3. The molecule has 0 saturated heterocycles. The molecule has 2 rings (SSSR count). The van der Waals surface area contributed by atoms with Gasteiger partial charge in [0, 0.05) is 5.56 Å². The van der Waals surface area contributed by atoms with E-state index in [0.717, 1.165) is 29.5 Å².